The van der Waals surface area contributed by atoms with Gasteiger partial charge in [-0.3, -0.25) is 9.52 Å². The first-order valence-electron chi connectivity index (χ1n) is 8.98. The summed E-state index contributed by atoms with van der Waals surface area (Å²) in [5.41, 5.74) is 2.93. The number of carbonyl (C=O) groups excluding carboxylic acids is 1. The Balaban J connectivity index is 1.80. The van der Waals surface area contributed by atoms with Gasteiger partial charge in [-0.05, 0) is 60.9 Å². The van der Waals surface area contributed by atoms with E-state index in [1.165, 1.54) is 24.3 Å². The number of hydrogen-bond donors (Lipinski definition) is 2. The quantitative estimate of drug-likeness (QED) is 0.638. The molecule has 0 saturated heterocycles. The van der Waals surface area contributed by atoms with Gasteiger partial charge >= 0.3 is 0 Å². The van der Waals surface area contributed by atoms with Crippen LogP contribution in [0.1, 0.15) is 27.0 Å². The summed E-state index contributed by atoms with van der Waals surface area (Å²) < 4.78 is 41.1. The molecule has 0 radical (unpaired) electrons. The molecule has 29 heavy (non-hydrogen) atoms. The standard InChI is InChI=1S/C22H21FN2O3S/c1-15-7-12-19(29(27,28)25-21-6-4-3-5-16(21)2)13-20(15)22(26)24-14-17-8-10-18(23)11-9-17/h3-13,25H,14H2,1-2H3,(H,24,26). The summed E-state index contributed by atoms with van der Waals surface area (Å²) in [6, 6.07) is 17.3. The van der Waals surface area contributed by atoms with Crippen LogP contribution >= 0.6 is 0 Å². The van der Waals surface area contributed by atoms with Crippen LogP contribution in [0.4, 0.5) is 10.1 Å². The molecule has 0 heterocycles. The third-order valence-electron chi connectivity index (χ3n) is 4.52. The molecular formula is C22H21FN2O3S. The molecule has 3 aromatic rings. The summed E-state index contributed by atoms with van der Waals surface area (Å²) in [5.74, 6) is -0.755. The van der Waals surface area contributed by atoms with E-state index in [0.717, 1.165) is 11.1 Å². The number of aryl methyl sites for hydroxylation is 2. The number of hydrogen-bond acceptors (Lipinski definition) is 3. The van der Waals surface area contributed by atoms with Gasteiger partial charge in [-0.25, -0.2) is 12.8 Å². The average Bonchev–Trinajstić information content (AvgIpc) is 2.69. The lowest BCUT2D eigenvalue weighted by Gasteiger charge is -2.13. The molecule has 0 aliphatic carbocycles. The molecule has 0 aliphatic heterocycles. The first kappa shape index (κ1) is 20.5. The molecule has 1 amide bonds. The van der Waals surface area contributed by atoms with Crippen molar-refractivity contribution >= 4 is 21.6 Å². The van der Waals surface area contributed by atoms with Crippen molar-refractivity contribution in [1.82, 2.24) is 5.32 Å². The second-order valence-electron chi connectivity index (χ2n) is 6.71. The van der Waals surface area contributed by atoms with Crippen LogP contribution in [0.3, 0.4) is 0 Å². The number of carbonyl (C=O) groups is 1. The number of amides is 1. The zero-order valence-electron chi connectivity index (χ0n) is 16.1. The van der Waals surface area contributed by atoms with Crippen LogP contribution in [0, 0.1) is 19.7 Å². The Labute approximate surface area is 169 Å². The van der Waals surface area contributed by atoms with Crippen LogP contribution in [-0.4, -0.2) is 14.3 Å². The van der Waals surface area contributed by atoms with Gasteiger partial charge in [-0.15, -0.1) is 0 Å². The predicted molar refractivity (Wildman–Crippen MR) is 111 cm³/mol. The molecule has 0 bridgehead atoms. The van der Waals surface area contributed by atoms with Crippen molar-refractivity contribution in [2.45, 2.75) is 25.3 Å². The molecule has 3 aromatic carbocycles. The van der Waals surface area contributed by atoms with E-state index in [9.17, 15) is 17.6 Å². The van der Waals surface area contributed by atoms with E-state index in [-0.39, 0.29) is 22.8 Å². The third kappa shape index (κ3) is 5.00. The van der Waals surface area contributed by atoms with Gasteiger partial charge in [0.15, 0.2) is 0 Å². The number of anilines is 1. The van der Waals surface area contributed by atoms with Crippen LogP contribution in [-0.2, 0) is 16.6 Å². The number of rotatable bonds is 6. The second kappa shape index (κ2) is 8.45. The zero-order valence-corrected chi connectivity index (χ0v) is 16.9. The molecule has 150 valence electrons. The number of benzene rings is 3. The summed E-state index contributed by atoms with van der Waals surface area (Å²) in [6.45, 7) is 3.75. The van der Waals surface area contributed by atoms with E-state index in [1.807, 2.05) is 6.07 Å². The Morgan fingerprint density at radius 2 is 1.62 bits per heavy atom. The van der Waals surface area contributed by atoms with Gasteiger partial charge in [0.05, 0.1) is 10.6 Å². The molecule has 0 aliphatic rings. The highest BCUT2D eigenvalue weighted by Crippen LogP contribution is 2.21. The van der Waals surface area contributed by atoms with Crippen LogP contribution < -0.4 is 10.0 Å². The van der Waals surface area contributed by atoms with Crippen molar-refractivity contribution < 1.29 is 17.6 Å². The van der Waals surface area contributed by atoms with Crippen LogP contribution in [0.25, 0.3) is 0 Å². The number of sulfonamides is 1. The highest BCUT2D eigenvalue weighted by atomic mass is 32.2. The number of nitrogens with one attached hydrogen (secondary N) is 2. The van der Waals surface area contributed by atoms with E-state index >= 15 is 0 Å². The lowest BCUT2D eigenvalue weighted by atomic mass is 10.1. The molecule has 2 N–H and O–H groups in total. The van der Waals surface area contributed by atoms with Crippen molar-refractivity contribution in [3.8, 4) is 0 Å². The largest absolute Gasteiger partial charge is 0.348 e. The lowest BCUT2D eigenvalue weighted by Crippen LogP contribution is -2.24. The third-order valence-corrected chi connectivity index (χ3v) is 5.88. The van der Waals surface area contributed by atoms with E-state index in [1.54, 1.807) is 50.2 Å². The molecular weight excluding hydrogens is 391 g/mol. The van der Waals surface area contributed by atoms with Crippen molar-refractivity contribution in [2.24, 2.45) is 0 Å². The SMILES string of the molecule is Cc1ccccc1NS(=O)(=O)c1ccc(C)c(C(=O)NCc2ccc(F)cc2)c1. The van der Waals surface area contributed by atoms with Crippen LogP contribution in [0.5, 0.6) is 0 Å². The average molecular weight is 412 g/mol. The Morgan fingerprint density at radius 1 is 0.931 bits per heavy atom. The maximum absolute atomic E-state index is 13.0. The first-order valence-corrected chi connectivity index (χ1v) is 10.5. The number of halogens is 1. The van der Waals surface area contributed by atoms with Gasteiger partial charge in [0, 0.05) is 12.1 Å². The fourth-order valence-corrected chi connectivity index (χ4v) is 3.94. The van der Waals surface area contributed by atoms with E-state index in [4.69, 9.17) is 0 Å². The minimum Gasteiger partial charge on any atom is -0.348 e. The van der Waals surface area contributed by atoms with Gasteiger partial charge in [0.25, 0.3) is 15.9 Å². The monoisotopic (exact) mass is 412 g/mol. The summed E-state index contributed by atoms with van der Waals surface area (Å²) in [4.78, 5) is 12.6. The molecule has 0 fully saturated rings. The molecule has 0 unspecified atom stereocenters. The normalized spacial score (nSPS) is 11.1. The minimum absolute atomic E-state index is 0.00159. The molecule has 0 saturated carbocycles. The fourth-order valence-electron chi connectivity index (χ4n) is 2.78. The highest BCUT2D eigenvalue weighted by Gasteiger charge is 2.19. The van der Waals surface area contributed by atoms with Crippen molar-refractivity contribution in [1.29, 1.82) is 0 Å². The summed E-state index contributed by atoms with van der Waals surface area (Å²) in [5, 5.41) is 2.74. The first-order chi connectivity index (χ1) is 13.8. The van der Waals surface area contributed by atoms with Gasteiger partial charge in [0.2, 0.25) is 0 Å². The highest BCUT2D eigenvalue weighted by molar-refractivity contribution is 7.92. The van der Waals surface area contributed by atoms with Gasteiger partial charge < -0.3 is 5.32 Å². The summed E-state index contributed by atoms with van der Waals surface area (Å²) in [6.07, 6.45) is 0. The van der Waals surface area contributed by atoms with Crippen LogP contribution in [0.15, 0.2) is 71.6 Å². The van der Waals surface area contributed by atoms with Gasteiger partial charge in [-0.1, -0.05) is 36.4 Å². The Bertz CT molecular complexity index is 1140. The van der Waals surface area contributed by atoms with E-state index in [2.05, 4.69) is 10.0 Å². The van der Waals surface area contributed by atoms with Crippen molar-refractivity contribution in [3.63, 3.8) is 0 Å². The van der Waals surface area contributed by atoms with E-state index in [0.29, 0.717) is 11.3 Å². The summed E-state index contributed by atoms with van der Waals surface area (Å²) >= 11 is 0. The maximum atomic E-state index is 13.0. The van der Waals surface area contributed by atoms with Gasteiger partial charge in [0.1, 0.15) is 5.82 Å². The smallest absolute Gasteiger partial charge is 0.261 e. The minimum atomic E-state index is -3.85. The Morgan fingerprint density at radius 3 is 2.31 bits per heavy atom. The van der Waals surface area contributed by atoms with Crippen molar-refractivity contribution in [3.05, 3.63) is 94.8 Å². The van der Waals surface area contributed by atoms with Gasteiger partial charge in [-0.2, -0.15) is 0 Å². The molecule has 5 nitrogen and oxygen atoms in total. The zero-order chi connectivity index (χ0) is 21.0. The van der Waals surface area contributed by atoms with Crippen LogP contribution in [0.2, 0.25) is 0 Å². The molecule has 0 aromatic heterocycles. The maximum Gasteiger partial charge on any atom is 0.261 e. The molecule has 7 heteroatoms. The number of para-hydroxylation sites is 1. The van der Waals surface area contributed by atoms with Crippen molar-refractivity contribution in [2.75, 3.05) is 4.72 Å². The Hall–Kier alpha value is -3.19. The topological polar surface area (TPSA) is 75.3 Å². The lowest BCUT2D eigenvalue weighted by molar-refractivity contribution is 0.0950. The second-order valence-corrected chi connectivity index (χ2v) is 8.39. The molecule has 0 atom stereocenters. The molecule has 0 spiro atoms. The Kier molecular flexibility index (Phi) is 5.98. The fraction of sp³-hybridized carbons (Fsp3) is 0.136. The molecule has 3 rings (SSSR count). The summed E-state index contributed by atoms with van der Waals surface area (Å²) in [7, 11) is -3.85. The van der Waals surface area contributed by atoms with E-state index < -0.39 is 15.9 Å². The predicted octanol–water partition coefficient (Wildman–Crippen LogP) is 4.17.